The lowest BCUT2D eigenvalue weighted by atomic mass is 10.0. The van der Waals surface area contributed by atoms with Gasteiger partial charge in [0.15, 0.2) is 0 Å². The van der Waals surface area contributed by atoms with E-state index in [9.17, 15) is 13.2 Å². The maximum Gasteiger partial charge on any atom is 0.325 e. The molecule has 1 atom stereocenters. The van der Waals surface area contributed by atoms with Crippen LogP contribution < -0.4 is 0 Å². The zero-order valence-corrected chi connectivity index (χ0v) is 21.3. The number of sulfonamides is 1. The lowest BCUT2D eigenvalue weighted by Gasteiger charge is -2.32. The molecule has 3 aromatic rings. The highest BCUT2D eigenvalue weighted by Gasteiger charge is 2.38. The molecule has 0 N–H and O–H groups in total. The minimum absolute atomic E-state index is 0.0488. The summed E-state index contributed by atoms with van der Waals surface area (Å²) in [7, 11) is -4.01. The minimum Gasteiger partial charge on any atom is -0.459 e. The van der Waals surface area contributed by atoms with Gasteiger partial charge in [-0.05, 0) is 64.3 Å². The summed E-state index contributed by atoms with van der Waals surface area (Å²) in [5, 5.41) is 0. The number of nitrogens with zero attached hydrogens (tertiary/aromatic N) is 1. The van der Waals surface area contributed by atoms with E-state index in [2.05, 4.69) is 0 Å². The third kappa shape index (κ3) is 6.78. The number of hydrogen-bond acceptors (Lipinski definition) is 4. The van der Waals surface area contributed by atoms with Gasteiger partial charge in [-0.15, -0.1) is 0 Å². The number of esters is 1. The summed E-state index contributed by atoms with van der Waals surface area (Å²) in [4.78, 5) is 13.6. The number of benzene rings is 3. The van der Waals surface area contributed by atoms with Crippen LogP contribution in [0.25, 0.3) is 0 Å². The molecule has 0 saturated carbocycles. The standard InChI is InChI=1S/C28H33NO4S/c1-21-11-15-24(16-12-21)20-29(34(31,32)25-17-13-22(2)14-18-25)26(27(30)33-28(3,4)5)19-23-9-7-6-8-10-23/h6-18,26H,19-20H2,1-5H3/t26-/m0/s1. The van der Waals surface area contributed by atoms with Gasteiger partial charge in [-0.2, -0.15) is 4.31 Å². The molecule has 0 saturated heterocycles. The lowest BCUT2D eigenvalue weighted by molar-refractivity contribution is -0.159. The highest BCUT2D eigenvalue weighted by molar-refractivity contribution is 7.89. The molecular formula is C28H33NO4S. The van der Waals surface area contributed by atoms with Crippen LogP contribution in [-0.2, 0) is 32.5 Å². The van der Waals surface area contributed by atoms with Crippen LogP contribution in [0.5, 0.6) is 0 Å². The molecule has 0 aromatic heterocycles. The summed E-state index contributed by atoms with van der Waals surface area (Å²) in [6, 6.07) is 22.7. The van der Waals surface area contributed by atoms with E-state index in [0.29, 0.717) is 0 Å². The Kier molecular flexibility index (Phi) is 7.95. The molecule has 3 aromatic carbocycles. The van der Waals surface area contributed by atoms with Crippen LogP contribution in [0.1, 0.15) is 43.0 Å². The van der Waals surface area contributed by atoms with Gasteiger partial charge in [0.05, 0.1) is 4.90 Å². The Balaban J connectivity index is 2.11. The number of ether oxygens (including phenoxy) is 1. The molecule has 5 nitrogen and oxygen atoms in total. The van der Waals surface area contributed by atoms with E-state index in [4.69, 9.17) is 4.74 Å². The molecule has 0 aliphatic heterocycles. The molecule has 34 heavy (non-hydrogen) atoms. The molecule has 180 valence electrons. The van der Waals surface area contributed by atoms with Gasteiger partial charge in [0.2, 0.25) is 10.0 Å². The lowest BCUT2D eigenvalue weighted by Crippen LogP contribution is -2.48. The zero-order valence-electron chi connectivity index (χ0n) is 20.5. The molecular weight excluding hydrogens is 446 g/mol. The Bertz CT molecular complexity index is 1200. The largest absolute Gasteiger partial charge is 0.459 e. The number of carbonyl (C=O) groups excluding carboxylic acids is 1. The van der Waals surface area contributed by atoms with E-state index in [1.54, 1.807) is 45.0 Å². The zero-order chi connectivity index (χ0) is 24.9. The van der Waals surface area contributed by atoms with Crippen molar-refractivity contribution in [2.45, 2.75) is 64.1 Å². The maximum absolute atomic E-state index is 13.9. The normalized spacial score (nSPS) is 13.0. The van der Waals surface area contributed by atoms with E-state index in [1.807, 2.05) is 68.4 Å². The summed E-state index contributed by atoms with van der Waals surface area (Å²) >= 11 is 0. The monoisotopic (exact) mass is 479 g/mol. The van der Waals surface area contributed by atoms with Gasteiger partial charge in [0.1, 0.15) is 11.6 Å². The average molecular weight is 480 g/mol. The van der Waals surface area contributed by atoms with Gasteiger partial charge in [-0.1, -0.05) is 77.9 Å². The van der Waals surface area contributed by atoms with Gasteiger partial charge in [-0.3, -0.25) is 4.79 Å². The molecule has 6 heteroatoms. The first-order chi connectivity index (χ1) is 16.0. The van der Waals surface area contributed by atoms with Crippen molar-refractivity contribution in [3.63, 3.8) is 0 Å². The highest BCUT2D eigenvalue weighted by Crippen LogP contribution is 2.26. The van der Waals surface area contributed by atoms with Crippen molar-refractivity contribution in [1.82, 2.24) is 4.31 Å². The fraction of sp³-hybridized carbons (Fsp3) is 0.321. The Hall–Kier alpha value is -2.96. The van der Waals surface area contributed by atoms with Crippen molar-refractivity contribution in [2.75, 3.05) is 0 Å². The summed E-state index contributed by atoms with van der Waals surface area (Å²) in [5.41, 5.74) is 2.92. The predicted molar refractivity (Wildman–Crippen MR) is 135 cm³/mol. The first-order valence-electron chi connectivity index (χ1n) is 11.4. The van der Waals surface area contributed by atoms with Gasteiger partial charge in [0.25, 0.3) is 0 Å². The molecule has 0 fully saturated rings. The third-order valence-corrected chi connectivity index (χ3v) is 7.25. The second kappa shape index (κ2) is 10.5. The van der Waals surface area contributed by atoms with Gasteiger partial charge >= 0.3 is 5.97 Å². The van der Waals surface area contributed by atoms with Crippen molar-refractivity contribution >= 4 is 16.0 Å². The van der Waals surface area contributed by atoms with E-state index in [1.165, 1.54) is 4.31 Å². The van der Waals surface area contributed by atoms with E-state index >= 15 is 0 Å². The maximum atomic E-state index is 13.9. The molecule has 0 spiro atoms. The summed E-state index contributed by atoms with van der Waals surface area (Å²) < 4.78 is 34.9. The topological polar surface area (TPSA) is 63.7 Å². The highest BCUT2D eigenvalue weighted by atomic mass is 32.2. The summed E-state index contributed by atoms with van der Waals surface area (Å²) in [5.74, 6) is -0.570. The van der Waals surface area contributed by atoms with Crippen LogP contribution in [0.15, 0.2) is 83.8 Å². The molecule has 0 amide bonds. The Labute approximate surface area is 203 Å². The van der Waals surface area contributed by atoms with Gasteiger partial charge < -0.3 is 4.74 Å². The number of aryl methyl sites for hydroxylation is 2. The van der Waals surface area contributed by atoms with Crippen molar-refractivity contribution in [1.29, 1.82) is 0 Å². The van der Waals surface area contributed by atoms with E-state index in [0.717, 1.165) is 22.3 Å². The van der Waals surface area contributed by atoms with Crippen molar-refractivity contribution in [2.24, 2.45) is 0 Å². The second-order valence-corrected chi connectivity index (χ2v) is 11.5. The molecule has 0 bridgehead atoms. The summed E-state index contributed by atoms with van der Waals surface area (Å²) in [6.45, 7) is 9.27. The van der Waals surface area contributed by atoms with Crippen LogP contribution in [0.2, 0.25) is 0 Å². The predicted octanol–water partition coefficient (Wildman–Crippen LogP) is 5.45. The fourth-order valence-electron chi connectivity index (χ4n) is 3.59. The van der Waals surface area contributed by atoms with Crippen LogP contribution in [-0.4, -0.2) is 30.3 Å². The average Bonchev–Trinajstić information content (AvgIpc) is 2.77. The molecule has 0 aliphatic carbocycles. The number of carbonyl (C=O) groups is 1. The second-order valence-electron chi connectivity index (χ2n) is 9.59. The van der Waals surface area contributed by atoms with Gasteiger partial charge in [0, 0.05) is 6.54 Å². The van der Waals surface area contributed by atoms with Crippen molar-refractivity contribution in [3.8, 4) is 0 Å². The minimum atomic E-state index is -4.01. The van der Waals surface area contributed by atoms with Crippen LogP contribution in [0.4, 0.5) is 0 Å². The number of hydrogen-bond donors (Lipinski definition) is 0. The third-order valence-electron chi connectivity index (χ3n) is 5.38. The molecule has 0 heterocycles. The summed E-state index contributed by atoms with van der Waals surface area (Å²) in [6.07, 6.45) is 0.201. The SMILES string of the molecule is Cc1ccc(CN([C@@H](Cc2ccccc2)C(=O)OC(C)(C)C)S(=O)(=O)c2ccc(C)cc2)cc1. The van der Waals surface area contributed by atoms with Crippen LogP contribution >= 0.6 is 0 Å². The Morgan fingerprint density at radius 2 is 1.35 bits per heavy atom. The first-order valence-corrected chi connectivity index (χ1v) is 12.8. The fourth-order valence-corrected chi connectivity index (χ4v) is 5.16. The smallest absolute Gasteiger partial charge is 0.325 e. The first kappa shape index (κ1) is 25.7. The van der Waals surface area contributed by atoms with Crippen molar-refractivity contribution < 1.29 is 17.9 Å². The van der Waals surface area contributed by atoms with E-state index < -0.39 is 27.6 Å². The number of rotatable bonds is 8. The Morgan fingerprint density at radius 1 is 0.824 bits per heavy atom. The molecule has 0 aliphatic rings. The molecule has 3 rings (SSSR count). The van der Waals surface area contributed by atoms with Crippen LogP contribution in [0, 0.1) is 13.8 Å². The quantitative estimate of drug-likeness (QED) is 0.403. The van der Waals surface area contributed by atoms with Crippen molar-refractivity contribution in [3.05, 3.63) is 101 Å². The Morgan fingerprint density at radius 3 is 1.88 bits per heavy atom. The van der Waals surface area contributed by atoms with Gasteiger partial charge in [-0.25, -0.2) is 8.42 Å². The molecule has 0 radical (unpaired) electrons. The van der Waals surface area contributed by atoms with E-state index in [-0.39, 0.29) is 17.9 Å². The van der Waals surface area contributed by atoms with Crippen LogP contribution in [0.3, 0.4) is 0 Å². The molecule has 0 unspecified atom stereocenters.